The topological polar surface area (TPSA) is 0 Å². The lowest BCUT2D eigenvalue weighted by Crippen LogP contribution is -2.29. The van der Waals surface area contributed by atoms with Crippen LogP contribution in [0.25, 0.3) is 0 Å². The van der Waals surface area contributed by atoms with Crippen LogP contribution in [0.2, 0.25) is 0 Å². The molecule has 2 unspecified atom stereocenters. The van der Waals surface area contributed by atoms with Crippen molar-refractivity contribution < 1.29 is 4.39 Å². The third-order valence-electron chi connectivity index (χ3n) is 3.94. The minimum absolute atomic E-state index is 0.248. The van der Waals surface area contributed by atoms with Gasteiger partial charge in [0.1, 0.15) is 0 Å². The van der Waals surface area contributed by atoms with Gasteiger partial charge in [-0.1, -0.05) is 19.3 Å². The van der Waals surface area contributed by atoms with Gasteiger partial charge in [-0.05, 0) is 43.9 Å². The second kappa shape index (κ2) is 4.03. The molecule has 0 spiro atoms. The van der Waals surface area contributed by atoms with Crippen molar-refractivity contribution in [1.82, 2.24) is 0 Å². The molecule has 0 radical (unpaired) electrons. The Kier molecular flexibility index (Phi) is 3.11. The molecule has 0 aromatic rings. The van der Waals surface area contributed by atoms with Crippen LogP contribution in [0.5, 0.6) is 0 Å². The third-order valence-corrected chi connectivity index (χ3v) is 4.74. The Morgan fingerprint density at radius 2 is 2.14 bits per heavy atom. The number of hydrogen-bond donors (Lipinski definition) is 1. The van der Waals surface area contributed by atoms with Crippen molar-refractivity contribution in [2.75, 3.05) is 0 Å². The summed E-state index contributed by atoms with van der Waals surface area (Å²) in [4.78, 5) is 0. The minimum atomic E-state index is -0.651. The zero-order valence-corrected chi connectivity index (χ0v) is 9.90. The van der Waals surface area contributed by atoms with Crippen LogP contribution in [0.1, 0.15) is 51.9 Å². The van der Waals surface area contributed by atoms with Gasteiger partial charge in [-0.3, -0.25) is 0 Å². The summed E-state index contributed by atoms with van der Waals surface area (Å²) in [7, 11) is 0. The maximum absolute atomic E-state index is 13.2. The monoisotopic (exact) mass is 216 g/mol. The first-order chi connectivity index (χ1) is 6.62. The molecule has 82 valence electrons. The number of halogens is 1. The van der Waals surface area contributed by atoms with Crippen molar-refractivity contribution in [2.45, 2.75) is 63.3 Å². The molecule has 0 aromatic heterocycles. The summed E-state index contributed by atoms with van der Waals surface area (Å²) >= 11 is 4.68. The van der Waals surface area contributed by atoms with Crippen LogP contribution in [0.3, 0.4) is 0 Å². The summed E-state index contributed by atoms with van der Waals surface area (Å²) in [5.41, 5.74) is 0.248. The fourth-order valence-corrected chi connectivity index (χ4v) is 3.66. The van der Waals surface area contributed by atoms with Gasteiger partial charge in [0.2, 0.25) is 0 Å². The molecule has 0 aromatic carbocycles. The Labute approximate surface area is 92.1 Å². The van der Waals surface area contributed by atoms with Crippen molar-refractivity contribution in [3.05, 3.63) is 0 Å². The van der Waals surface area contributed by atoms with Crippen LogP contribution in [0, 0.1) is 11.3 Å². The summed E-state index contributed by atoms with van der Waals surface area (Å²) in [5, 5.41) is 0.460. The Bertz CT molecular complexity index is 194. The van der Waals surface area contributed by atoms with Crippen molar-refractivity contribution in [3.8, 4) is 0 Å². The molecular weight excluding hydrogens is 195 g/mol. The number of alkyl halides is 1. The molecule has 2 fully saturated rings. The van der Waals surface area contributed by atoms with Gasteiger partial charge in [-0.15, -0.1) is 0 Å². The average molecular weight is 216 g/mol. The highest BCUT2D eigenvalue weighted by atomic mass is 32.1. The molecule has 2 aliphatic rings. The van der Waals surface area contributed by atoms with Crippen LogP contribution in [-0.2, 0) is 0 Å². The first-order valence-corrected chi connectivity index (χ1v) is 6.46. The van der Waals surface area contributed by atoms with Crippen LogP contribution in [0.4, 0.5) is 4.39 Å². The third kappa shape index (κ3) is 2.26. The van der Waals surface area contributed by atoms with E-state index in [2.05, 4.69) is 12.6 Å². The standard InChI is InChI=1S/C12H21FS/c1-9(13)7-12(8-10-4-5-10)6-2-3-11(12)14/h9-11,14H,2-8H2,1H3/t9-,11?,12?/m1/s1. The number of hydrogen-bond acceptors (Lipinski definition) is 1. The predicted octanol–water partition coefficient (Wildman–Crippen LogP) is 4.00. The molecule has 0 amide bonds. The summed E-state index contributed by atoms with van der Waals surface area (Å²) in [6, 6.07) is 0. The van der Waals surface area contributed by atoms with E-state index in [-0.39, 0.29) is 5.41 Å². The molecule has 0 bridgehead atoms. The molecule has 2 heteroatoms. The van der Waals surface area contributed by atoms with E-state index in [1.165, 1.54) is 38.5 Å². The Balaban J connectivity index is 2.01. The van der Waals surface area contributed by atoms with Crippen molar-refractivity contribution >= 4 is 12.6 Å². The highest BCUT2D eigenvalue weighted by Gasteiger charge is 2.45. The van der Waals surface area contributed by atoms with Crippen molar-refractivity contribution in [1.29, 1.82) is 0 Å². The molecule has 0 nitrogen and oxygen atoms in total. The molecule has 2 aliphatic carbocycles. The molecular formula is C12H21FS. The van der Waals surface area contributed by atoms with Gasteiger partial charge in [0.15, 0.2) is 0 Å². The average Bonchev–Trinajstić information content (AvgIpc) is 2.80. The van der Waals surface area contributed by atoms with E-state index in [4.69, 9.17) is 0 Å². The van der Waals surface area contributed by atoms with E-state index in [1.807, 2.05) is 0 Å². The summed E-state index contributed by atoms with van der Waals surface area (Å²) in [6.07, 6.45) is 7.77. The quantitative estimate of drug-likeness (QED) is 0.675. The minimum Gasteiger partial charge on any atom is -0.248 e. The molecule has 0 aliphatic heterocycles. The highest BCUT2D eigenvalue weighted by molar-refractivity contribution is 7.81. The first-order valence-electron chi connectivity index (χ1n) is 5.94. The molecule has 3 atom stereocenters. The normalized spacial score (nSPS) is 40.1. The zero-order chi connectivity index (χ0) is 10.2. The maximum atomic E-state index is 13.2. The molecule has 0 N–H and O–H groups in total. The Hall–Kier alpha value is 0.280. The molecule has 2 rings (SSSR count). The first kappa shape index (κ1) is 10.8. The van der Waals surface area contributed by atoms with Gasteiger partial charge in [0.05, 0.1) is 6.17 Å². The Morgan fingerprint density at radius 3 is 2.57 bits per heavy atom. The van der Waals surface area contributed by atoms with Crippen LogP contribution in [0.15, 0.2) is 0 Å². The van der Waals surface area contributed by atoms with E-state index >= 15 is 0 Å². The van der Waals surface area contributed by atoms with Gasteiger partial charge in [-0.2, -0.15) is 12.6 Å². The van der Waals surface area contributed by atoms with Crippen LogP contribution < -0.4 is 0 Å². The lowest BCUT2D eigenvalue weighted by molar-refractivity contribution is 0.173. The lowest BCUT2D eigenvalue weighted by atomic mass is 9.76. The van der Waals surface area contributed by atoms with Crippen molar-refractivity contribution in [2.24, 2.45) is 11.3 Å². The second-order valence-corrected chi connectivity index (χ2v) is 6.03. The maximum Gasteiger partial charge on any atom is 0.0979 e. The van der Waals surface area contributed by atoms with Gasteiger partial charge in [-0.25, -0.2) is 4.39 Å². The van der Waals surface area contributed by atoms with Gasteiger partial charge in [0, 0.05) is 5.25 Å². The molecule has 0 heterocycles. The summed E-state index contributed by atoms with van der Waals surface area (Å²) in [6.45, 7) is 1.70. The van der Waals surface area contributed by atoms with E-state index in [0.717, 1.165) is 12.3 Å². The van der Waals surface area contributed by atoms with E-state index < -0.39 is 6.17 Å². The van der Waals surface area contributed by atoms with E-state index in [1.54, 1.807) is 6.92 Å². The smallest absolute Gasteiger partial charge is 0.0979 e. The van der Waals surface area contributed by atoms with E-state index in [9.17, 15) is 4.39 Å². The van der Waals surface area contributed by atoms with Crippen molar-refractivity contribution in [3.63, 3.8) is 0 Å². The van der Waals surface area contributed by atoms with Gasteiger partial charge < -0.3 is 0 Å². The van der Waals surface area contributed by atoms with Crippen LogP contribution >= 0.6 is 12.6 Å². The predicted molar refractivity (Wildman–Crippen MR) is 61.6 cm³/mol. The van der Waals surface area contributed by atoms with Gasteiger partial charge >= 0.3 is 0 Å². The fraction of sp³-hybridized carbons (Fsp3) is 1.00. The summed E-state index contributed by atoms with van der Waals surface area (Å²) < 4.78 is 13.2. The lowest BCUT2D eigenvalue weighted by Gasteiger charge is -2.34. The Morgan fingerprint density at radius 1 is 1.43 bits per heavy atom. The molecule has 14 heavy (non-hydrogen) atoms. The fourth-order valence-electron chi connectivity index (χ4n) is 3.14. The van der Waals surface area contributed by atoms with Crippen LogP contribution in [-0.4, -0.2) is 11.4 Å². The molecule has 0 saturated heterocycles. The zero-order valence-electron chi connectivity index (χ0n) is 9.01. The summed E-state index contributed by atoms with van der Waals surface area (Å²) in [5.74, 6) is 0.904. The van der Waals surface area contributed by atoms with Gasteiger partial charge in [0.25, 0.3) is 0 Å². The number of thiol groups is 1. The SMILES string of the molecule is C[C@@H](F)CC1(CC2CC2)CCCC1S. The second-order valence-electron chi connectivity index (χ2n) is 5.40. The largest absolute Gasteiger partial charge is 0.248 e. The highest BCUT2D eigenvalue weighted by Crippen LogP contribution is 2.53. The molecule has 2 saturated carbocycles. The number of rotatable bonds is 4. The van der Waals surface area contributed by atoms with E-state index in [0.29, 0.717) is 5.25 Å².